The van der Waals surface area contributed by atoms with Gasteiger partial charge in [0.25, 0.3) is 5.91 Å². The molecule has 0 atom stereocenters. The summed E-state index contributed by atoms with van der Waals surface area (Å²) in [6.45, 7) is 2.02. The summed E-state index contributed by atoms with van der Waals surface area (Å²) >= 11 is 5.98. The Morgan fingerprint density at radius 2 is 1.71 bits per heavy atom. The van der Waals surface area contributed by atoms with Gasteiger partial charge in [-0.3, -0.25) is 4.79 Å². The number of halogens is 1. The highest BCUT2D eigenvalue weighted by Crippen LogP contribution is 2.21. The summed E-state index contributed by atoms with van der Waals surface area (Å²) in [5.74, 6) is -0.412. The molecule has 0 aliphatic carbocycles. The molecule has 0 aliphatic heterocycles. The van der Waals surface area contributed by atoms with Crippen LogP contribution in [-0.2, 0) is 16.6 Å². The summed E-state index contributed by atoms with van der Waals surface area (Å²) in [6.07, 6.45) is 0. The molecule has 0 fully saturated rings. The summed E-state index contributed by atoms with van der Waals surface area (Å²) in [5, 5.41) is 3.27. The summed E-state index contributed by atoms with van der Waals surface area (Å²) in [6, 6.07) is 20.3. The molecule has 0 saturated carbocycles. The number of hydrogen-bond acceptors (Lipinski definition) is 3. The van der Waals surface area contributed by atoms with Crippen molar-refractivity contribution in [2.75, 3.05) is 5.32 Å². The first kappa shape index (κ1) is 20.1. The molecule has 5 nitrogen and oxygen atoms in total. The predicted octanol–water partition coefficient (Wildman–Crippen LogP) is 4.38. The molecule has 3 aromatic carbocycles. The minimum absolute atomic E-state index is 0.0268. The van der Waals surface area contributed by atoms with Crippen molar-refractivity contribution >= 4 is 33.2 Å². The second-order valence-electron chi connectivity index (χ2n) is 6.25. The van der Waals surface area contributed by atoms with Gasteiger partial charge in [0.2, 0.25) is 10.0 Å². The summed E-state index contributed by atoms with van der Waals surface area (Å²) in [5.41, 5.74) is 2.51. The molecule has 3 aromatic rings. The van der Waals surface area contributed by atoms with Crippen LogP contribution in [-0.4, -0.2) is 14.3 Å². The van der Waals surface area contributed by atoms with E-state index in [-0.39, 0.29) is 17.0 Å². The lowest BCUT2D eigenvalue weighted by Gasteiger charge is -2.11. The van der Waals surface area contributed by atoms with Crippen LogP contribution in [0.25, 0.3) is 0 Å². The van der Waals surface area contributed by atoms with E-state index in [1.165, 1.54) is 18.2 Å². The Morgan fingerprint density at radius 3 is 2.46 bits per heavy atom. The number of carbonyl (C=O) groups is 1. The van der Waals surface area contributed by atoms with Gasteiger partial charge in [-0.05, 0) is 48.4 Å². The number of nitrogens with one attached hydrogen (secondary N) is 2. The maximum atomic E-state index is 12.6. The van der Waals surface area contributed by atoms with Crippen LogP contribution in [0.2, 0.25) is 5.02 Å². The van der Waals surface area contributed by atoms with E-state index in [0.29, 0.717) is 10.7 Å². The fourth-order valence-electron chi connectivity index (χ4n) is 2.59. The van der Waals surface area contributed by atoms with Crippen LogP contribution in [0.1, 0.15) is 21.5 Å². The lowest BCUT2D eigenvalue weighted by atomic mass is 10.1. The molecular formula is C21H19ClN2O3S. The highest BCUT2D eigenvalue weighted by molar-refractivity contribution is 7.89. The van der Waals surface area contributed by atoms with Crippen LogP contribution in [0, 0.1) is 6.92 Å². The standard InChI is InChI=1S/C21H19ClN2O3S/c1-15-10-11-18(22)13-20(15)24-21(25)17-8-5-9-19(12-17)28(26,27)23-14-16-6-3-2-4-7-16/h2-13,23H,14H2,1H3,(H,24,25). The van der Waals surface area contributed by atoms with Crippen molar-refractivity contribution in [1.29, 1.82) is 0 Å². The van der Waals surface area contributed by atoms with E-state index in [2.05, 4.69) is 10.0 Å². The quantitative estimate of drug-likeness (QED) is 0.628. The first-order chi connectivity index (χ1) is 13.3. The second-order valence-corrected chi connectivity index (χ2v) is 8.45. The Balaban J connectivity index is 1.77. The summed E-state index contributed by atoms with van der Waals surface area (Å²) in [4.78, 5) is 12.6. The van der Waals surface area contributed by atoms with Crippen LogP contribution in [0.15, 0.2) is 77.7 Å². The molecule has 0 aliphatic rings. The van der Waals surface area contributed by atoms with E-state index < -0.39 is 15.9 Å². The van der Waals surface area contributed by atoms with Crippen LogP contribution < -0.4 is 10.0 Å². The zero-order chi connectivity index (χ0) is 20.1. The van der Waals surface area contributed by atoms with Crippen molar-refractivity contribution in [1.82, 2.24) is 4.72 Å². The molecule has 144 valence electrons. The van der Waals surface area contributed by atoms with Crippen LogP contribution >= 0.6 is 11.6 Å². The van der Waals surface area contributed by atoms with Gasteiger partial charge in [0.05, 0.1) is 4.90 Å². The van der Waals surface area contributed by atoms with Crippen LogP contribution in [0.3, 0.4) is 0 Å². The zero-order valence-corrected chi connectivity index (χ0v) is 16.7. The molecule has 3 rings (SSSR count). The van der Waals surface area contributed by atoms with E-state index in [9.17, 15) is 13.2 Å². The minimum Gasteiger partial charge on any atom is -0.322 e. The molecule has 0 radical (unpaired) electrons. The minimum atomic E-state index is -3.75. The second kappa shape index (κ2) is 8.56. The molecule has 1 amide bonds. The van der Waals surface area contributed by atoms with Crippen molar-refractivity contribution in [2.45, 2.75) is 18.4 Å². The first-order valence-electron chi connectivity index (χ1n) is 8.56. The Kier molecular flexibility index (Phi) is 6.14. The summed E-state index contributed by atoms with van der Waals surface area (Å²) < 4.78 is 27.7. The molecule has 0 spiro atoms. The monoisotopic (exact) mass is 414 g/mol. The number of rotatable bonds is 6. The van der Waals surface area contributed by atoms with Crippen molar-refractivity contribution in [3.63, 3.8) is 0 Å². The van der Waals surface area contributed by atoms with Crippen LogP contribution in [0.4, 0.5) is 5.69 Å². The third-order valence-electron chi connectivity index (χ3n) is 4.16. The van der Waals surface area contributed by atoms with E-state index in [4.69, 9.17) is 11.6 Å². The van der Waals surface area contributed by atoms with Gasteiger partial charge in [0.1, 0.15) is 0 Å². The fraction of sp³-hybridized carbons (Fsp3) is 0.0952. The van der Waals surface area contributed by atoms with E-state index in [0.717, 1.165) is 11.1 Å². The Labute approximate surface area is 169 Å². The van der Waals surface area contributed by atoms with Gasteiger partial charge >= 0.3 is 0 Å². The fourth-order valence-corrected chi connectivity index (χ4v) is 3.82. The van der Waals surface area contributed by atoms with Crippen LogP contribution in [0.5, 0.6) is 0 Å². The van der Waals surface area contributed by atoms with E-state index in [1.807, 2.05) is 37.3 Å². The van der Waals surface area contributed by atoms with Gasteiger partial charge in [-0.25, -0.2) is 13.1 Å². The van der Waals surface area contributed by atoms with E-state index in [1.54, 1.807) is 24.3 Å². The molecule has 2 N–H and O–H groups in total. The highest BCUT2D eigenvalue weighted by Gasteiger charge is 2.16. The lowest BCUT2D eigenvalue weighted by Crippen LogP contribution is -2.23. The molecule has 28 heavy (non-hydrogen) atoms. The Hall–Kier alpha value is -2.67. The third kappa shape index (κ3) is 4.98. The first-order valence-corrected chi connectivity index (χ1v) is 10.4. The molecule has 0 bridgehead atoms. The Bertz CT molecular complexity index is 1100. The number of hydrogen-bond donors (Lipinski definition) is 2. The largest absolute Gasteiger partial charge is 0.322 e. The number of amides is 1. The average molecular weight is 415 g/mol. The van der Waals surface area contributed by atoms with Gasteiger partial charge in [-0.15, -0.1) is 0 Å². The van der Waals surface area contributed by atoms with Gasteiger partial charge < -0.3 is 5.32 Å². The van der Waals surface area contributed by atoms with Crippen molar-refractivity contribution in [2.24, 2.45) is 0 Å². The lowest BCUT2D eigenvalue weighted by molar-refractivity contribution is 0.102. The average Bonchev–Trinajstić information content (AvgIpc) is 2.70. The number of aryl methyl sites for hydroxylation is 1. The van der Waals surface area contributed by atoms with Gasteiger partial charge in [-0.2, -0.15) is 0 Å². The molecule has 7 heteroatoms. The number of benzene rings is 3. The van der Waals surface area contributed by atoms with Crippen molar-refractivity contribution < 1.29 is 13.2 Å². The number of anilines is 1. The van der Waals surface area contributed by atoms with Gasteiger partial charge in [0, 0.05) is 22.8 Å². The normalized spacial score (nSPS) is 11.2. The molecule has 0 aromatic heterocycles. The molecular weight excluding hydrogens is 396 g/mol. The summed E-state index contributed by atoms with van der Waals surface area (Å²) in [7, 11) is -3.75. The third-order valence-corrected chi connectivity index (χ3v) is 5.80. The van der Waals surface area contributed by atoms with Gasteiger partial charge in [-0.1, -0.05) is 54.1 Å². The zero-order valence-electron chi connectivity index (χ0n) is 15.1. The smallest absolute Gasteiger partial charge is 0.255 e. The Morgan fingerprint density at radius 1 is 0.964 bits per heavy atom. The topological polar surface area (TPSA) is 75.3 Å². The maximum absolute atomic E-state index is 12.6. The van der Waals surface area contributed by atoms with Gasteiger partial charge in [0.15, 0.2) is 0 Å². The molecule has 0 heterocycles. The predicted molar refractivity (Wildman–Crippen MR) is 111 cm³/mol. The molecule has 0 saturated heterocycles. The highest BCUT2D eigenvalue weighted by atomic mass is 35.5. The maximum Gasteiger partial charge on any atom is 0.255 e. The number of sulfonamides is 1. The van der Waals surface area contributed by atoms with E-state index >= 15 is 0 Å². The van der Waals surface area contributed by atoms with Crippen molar-refractivity contribution in [3.8, 4) is 0 Å². The number of carbonyl (C=O) groups excluding carboxylic acids is 1. The SMILES string of the molecule is Cc1ccc(Cl)cc1NC(=O)c1cccc(S(=O)(=O)NCc2ccccc2)c1. The molecule has 0 unspecified atom stereocenters. The van der Waals surface area contributed by atoms with Crippen molar-refractivity contribution in [3.05, 3.63) is 94.5 Å².